The number of rotatable bonds is 5. The zero-order valence-electron chi connectivity index (χ0n) is 11.1. The summed E-state index contributed by atoms with van der Waals surface area (Å²) in [6, 6.07) is 0.313. The van der Waals surface area contributed by atoms with E-state index in [1.54, 1.807) is 0 Å². The van der Waals surface area contributed by atoms with Crippen molar-refractivity contribution in [3.8, 4) is 0 Å². The van der Waals surface area contributed by atoms with Crippen molar-refractivity contribution in [2.45, 2.75) is 19.4 Å². The molecule has 0 spiro atoms. The van der Waals surface area contributed by atoms with Gasteiger partial charge < -0.3 is 15.8 Å². The molecule has 0 saturated carbocycles. The van der Waals surface area contributed by atoms with Gasteiger partial charge in [-0.25, -0.2) is 0 Å². The fraction of sp³-hybridized carbons (Fsp3) is 0.727. The number of hydrogen-bond donors (Lipinski definition) is 3. The number of nitrogen functional groups attached to an aromatic ring is 1. The number of ether oxygens (including phenoxy) is 1. The summed E-state index contributed by atoms with van der Waals surface area (Å²) in [7, 11) is 0. The fourth-order valence-electron chi connectivity index (χ4n) is 2.14. The van der Waals surface area contributed by atoms with Gasteiger partial charge in [-0.3, -0.25) is 14.8 Å². The third-order valence-electron chi connectivity index (χ3n) is 3.25. The van der Waals surface area contributed by atoms with Crippen molar-refractivity contribution < 1.29 is 9.53 Å². The van der Waals surface area contributed by atoms with Crippen LogP contribution in [-0.4, -0.2) is 64.9 Å². The number of nitrogens with zero attached hydrogens (tertiary/aromatic N) is 3. The number of nitrogens with two attached hydrogens (primary N) is 1. The fourth-order valence-corrected chi connectivity index (χ4v) is 2.14. The first-order valence-corrected chi connectivity index (χ1v) is 6.48. The van der Waals surface area contributed by atoms with Crippen LogP contribution < -0.4 is 11.1 Å². The Hall–Kier alpha value is -1.67. The molecule has 4 N–H and O–H groups in total. The van der Waals surface area contributed by atoms with Gasteiger partial charge in [-0.15, -0.1) is 5.10 Å². The summed E-state index contributed by atoms with van der Waals surface area (Å²) in [6.07, 6.45) is 0.971. The number of aromatic amines is 1. The van der Waals surface area contributed by atoms with E-state index in [-0.39, 0.29) is 17.7 Å². The van der Waals surface area contributed by atoms with Crippen LogP contribution in [0, 0.1) is 0 Å². The number of H-pyrrole nitrogens is 1. The third-order valence-corrected chi connectivity index (χ3v) is 3.25. The van der Waals surface area contributed by atoms with Crippen molar-refractivity contribution in [2.24, 2.45) is 0 Å². The molecule has 8 heteroatoms. The predicted octanol–water partition coefficient (Wildman–Crippen LogP) is -0.772. The van der Waals surface area contributed by atoms with Crippen molar-refractivity contribution in [1.29, 1.82) is 0 Å². The number of nitrogens with one attached hydrogen (secondary N) is 2. The molecule has 2 rings (SSSR count). The highest BCUT2D eigenvalue weighted by Gasteiger charge is 2.20. The first kappa shape index (κ1) is 13.8. The maximum Gasteiger partial charge on any atom is 0.288 e. The van der Waals surface area contributed by atoms with Crippen LogP contribution in [0.15, 0.2) is 0 Å². The molecule has 1 amide bonds. The van der Waals surface area contributed by atoms with Gasteiger partial charge in [0.05, 0.1) is 13.2 Å². The van der Waals surface area contributed by atoms with Crippen molar-refractivity contribution >= 4 is 11.9 Å². The molecule has 19 heavy (non-hydrogen) atoms. The minimum atomic E-state index is -0.282. The summed E-state index contributed by atoms with van der Waals surface area (Å²) in [6.45, 7) is 6.01. The largest absolute Gasteiger partial charge is 0.379 e. The molecule has 0 bridgehead atoms. The van der Waals surface area contributed by atoms with Gasteiger partial charge >= 0.3 is 0 Å². The molecule has 1 fully saturated rings. The Morgan fingerprint density at radius 1 is 1.58 bits per heavy atom. The van der Waals surface area contributed by atoms with Crippen LogP contribution in [0.25, 0.3) is 0 Å². The topological polar surface area (TPSA) is 109 Å². The summed E-state index contributed by atoms with van der Waals surface area (Å²) in [5.41, 5.74) is 5.36. The first-order valence-electron chi connectivity index (χ1n) is 6.48. The molecule has 2 heterocycles. The van der Waals surface area contributed by atoms with E-state index in [2.05, 4.69) is 32.3 Å². The lowest BCUT2D eigenvalue weighted by molar-refractivity contribution is 0.0159. The van der Waals surface area contributed by atoms with Crippen LogP contribution in [0.4, 0.5) is 5.95 Å². The number of carbonyl (C=O) groups excluding carboxylic acids is 1. The van der Waals surface area contributed by atoms with Crippen LogP contribution in [0.1, 0.15) is 24.0 Å². The smallest absolute Gasteiger partial charge is 0.288 e. The second-order valence-corrected chi connectivity index (χ2v) is 4.46. The normalized spacial score (nSPS) is 18.2. The number of aromatic nitrogens is 3. The molecule has 1 aliphatic heterocycles. The highest BCUT2D eigenvalue weighted by Crippen LogP contribution is 2.06. The summed E-state index contributed by atoms with van der Waals surface area (Å²) >= 11 is 0. The van der Waals surface area contributed by atoms with Gasteiger partial charge in [0.25, 0.3) is 5.91 Å². The molecule has 0 aromatic carbocycles. The Balaban J connectivity index is 1.83. The molecule has 1 saturated heterocycles. The number of amides is 1. The van der Waals surface area contributed by atoms with E-state index in [0.717, 1.165) is 32.7 Å². The Labute approximate surface area is 111 Å². The molecule has 1 aromatic heterocycles. The summed E-state index contributed by atoms with van der Waals surface area (Å²) in [4.78, 5) is 17.9. The Morgan fingerprint density at radius 3 is 2.89 bits per heavy atom. The van der Waals surface area contributed by atoms with E-state index < -0.39 is 0 Å². The van der Waals surface area contributed by atoms with Crippen molar-refractivity contribution in [3.05, 3.63) is 5.82 Å². The molecule has 106 valence electrons. The van der Waals surface area contributed by atoms with Gasteiger partial charge in [-0.2, -0.15) is 4.98 Å². The zero-order chi connectivity index (χ0) is 13.7. The van der Waals surface area contributed by atoms with E-state index in [1.807, 2.05) is 0 Å². The molecule has 8 nitrogen and oxygen atoms in total. The SMILES string of the molecule is CC[C@@H](CNC(=O)c1nc(N)n[nH]1)N1CCOCC1. The first-order chi connectivity index (χ1) is 9.20. The van der Waals surface area contributed by atoms with Gasteiger partial charge in [-0.05, 0) is 6.42 Å². The summed E-state index contributed by atoms with van der Waals surface area (Å²) in [5.74, 6) is -0.0596. The van der Waals surface area contributed by atoms with Crippen molar-refractivity contribution in [3.63, 3.8) is 0 Å². The quantitative estimate of drug-likeness (QED) is 0.647. The standard InChI is InChI=1S/C11H20N6O2/c1-2-8(17-3-5-19-6-4-17)7-13-10(18)9-14-11(12)16-15-9/h8H,2-7H2,1H3,(H,13,18)(H3,12,14,15,16)/t8-/m0/s1. The molecule has 1 atom stereocenters. The lowest BCUT2D eigenvalue weighted by Crippen LogP contribution is -2.48. The molecule has 0 aliphatic carbocycles. The highest BCUT2D eigenvalue weighted by molar-refractivity contribution is 5.90. The molecule has 0 unspecified atom stereocenters. The summed E-state index contributed by atoms with van der Waals surface area (Å²) in [5, 5.41) is 8.97. The van der Waals surface area contributed by atoms with Gasteiger partial charge in [0, 0.05) is 25.7 Å². The van der Waals surface area contributed by atoms with E-state index in [1.165, 1.54) is 0 Å². The lowest BCUT2D eigenvalue weighted by Gasteiger charge is -2.33. The second kappa shape index (κ2) is 6.48. The van der Waals surface area contributed by atoms with E-state index in [9.17, 15) is 4.79 Å². The predicted molar refractivity (Wildman–Crippen MR) is 69.6 cm³/mol. The average molecular weight is 268 g/mol. The zero-order valence-corrected chi connectivity index (χ0v) is 11.1. The molecule has 0 radical (unpaired) electrons. The van der Waals surface area contributed by atoms with Crippen LogP contribution in [0.3, 0.4) is 0 Å². The Kier molecular flexibility index (Phi) is 4.69. The van der Waals surface area contributed by atoms with E-state index >= 15 is 0 Å². The minimum Gasteiger partial charge on any atom is -0.379 e. The van der Waals surface area contributed by atoms with Crippen LogP contribution >= 0.6 is 0 Å². The van der Waals surface area contributed by atoms with Gasteiger partial charge in [0.2, 0.25) is 11.8 Å². The summed E-state index contributed by atoms with van der Waals surface area (Å²) < 4.78 is 5.33. The van der Waals surface area contributed by atoms with Gasteiger partial charge in [-0.1, -0.05) is 6.92 Å². The number of morpholine rings is 1. The van der Waals surface area contributed by atoms with Gasteiger partial charge in [0.15, 0.2) is 0 Å². The highest BCUT2D eigenvalue weighted by atomic mass is 16.5. The minimum absolute atomic E-state index is 0.0744. The molecule has 1 aliphatic rings. The second-order valence-electron chi connectivity index (χ2n) is 4.46. The monoisotopic (exact) mass is 268 g/mol. The van der Waals surface area contributed by atoms with Crippen LogP contribution in [0.2, 0.25) is 0 Å². The van der Waals surface area contributed by atoms with Crippen LogP contribution in [0.5, 0.6) is 0 Å². The lowest BCUT2D eigenvalue weighted by atomic mass is 10.1. The Bertz CT molecular complexity index is 415. The molecular weight excluding hydrogens is 248 g/mol. The molecule has 1 aromatic rings. The van der Waals surface area contributed by atoms with Crippen molar-refractivity contribution in [1.82, 2.24) is 25.4 Å². The number of anilines is 1. The third kappa shape index (κ3) is 3.65. The number of carbonyl (C=O) groups is 1. The van der Waals surface area contributed by atoms with E-state index in [0.29, 0.717) is 12.6 Å². The molecular formula is C11H20N6O2. The maximum absolute atomic E-state index is 11.8. The van der Waals surface area contributed by atoms with Crippen LogP contribution in [-0.2, 0) is 4.74 Å². The van der Waals surface area contributed by atoms with E-state index in [4.69, 9.17) is 10.5 Å². The van der Waals surface area contributed by atoms with Crippen molar-refractivity contribution in [2.75, 3.05) is 38.6 Å². The maximum atomic E-state index is 11.8. The van der Waals surface area contributed by atoms with Gasteiger partial charge in [0.1, 0.15) is 0 Å². The number of hydrogen-bond acceptors (Lipinski definition) is 6. The Morgan fingerprint density at radius 2 is 2.32 bits per heavy atom. The average Bonchev–Trinajstić information content (AvgIpc) is 2.87.